The third-order valence-corrected chi connectivity index (χ3v) is 2.70. The lowest BCUT2D eigenvalue weighted by Gasteiger charge is -2.14. The Hall–Kier alpha value is -1.50. The zero-order valence-corrected chi connectivity index (χ0v) is 10.1. The molecule has 0 aromatic carbocycles. The van der Waals surface area contributed by atoms with E-state index in [2.05, 4.69) is 9.59 Å². The molecule has 1 N–H and O–H groups in total. The zero-order valence-electron chi connectivity index (χ0n) is 9.30. The van der Waals surface area contributed by atoms with Crippen molar-refractivity contribution >= 4 is 23.4 Å². The molecule has 16 heavy (non-hydrogen) atoms. The number of carbonyl (C=O) groups is 2. The maximum Gasteiger partial charge on any atom is 0.323 e. The molecule has 0 atom stereocenters. The van der Waals surface area contributed by atoms with Gasteiger partial charge in [0.05, 0.1) is 5.69 Å². The Morgan fingerprint density at radius 1 is 1.50 bits per heavy atom. The van der Waals surface area contributed by atoms with Gasteiger partial charge in [0.15, 0.2) is 0 Å². The van der Waals surface area contributed by atoms with Crippen molar-refractivity contribution in [3.8, 4) is 0 Å². The van der Waals surface area contributed by atoms with Gasteiger partial charge in [-0.1, -0.05) is 18.3 Å². The molecule has 1 aromatic rings. The fourth-order valence-electron chi connectivity index (χ4n) is 1.17. The number of rotatable bonds is 4. The highest BCUT2D eigenvalue weighted by Crippen LogP contribution is 2.20. The molecule has 6 nitrogen and oxygen atoms in total. The Bertz CT molecular complexity index is 402. The van der Waals surface area contributed by atoms with E-state index in [-0.39, 0.29) is 18.4 Å². The average Bonchev–Trinajstić information content (AvgIpc) is 2.63. The van der Waals surface area contributed by atoms with Crippen LogP contribution in [0.2, 0.25) is 0 Å². The number of hydrogen-bond acceptors (Lipinski definition) is 5. The molecule has 1 heterocycles. The highest BCUT2D eigenvalue weighted by atomic mass is 32.1. The van der Waals surface area contributed by atoms with Crippen molar-refractivity contribution in [1.82, 2.24) is 14.5 Å². The van der Waals surface area contributed by atoms with E-state index in [1.165, 1.54) is 7.05 Å². The zero-order chi connectivity index (χ0) is 12.3. The number of aromatic nitrogens is 2. The molecule has 0 radical (unpaired) electrons. The third-order valence-electron chi connectivity index (χ3n) is 1.97. The Balaban J connectivity index is 2.87. The van der Waals surface area contributed by atoms with Gasteiger partial charge in [-0.05, 0) is 17.5 Å². The summed E-state index contributed by atoms with van der Waals surface area (Å²) in [5, 5.41) is 12.5. The molecule has 0 spiro atoms. The summed E-state index contributed by atoms with van der Waals surface area (Å²) >= 11 is 0.996. The topological polar surface area (TPSA) is 83.4 Å². The van der Waals surface area contributed by atoms with E-state index in [4.69, 9.17) is 5.11 Å². The first-order valence-corrected chi connectivity index (χ1v) is 5.50. The predicted molar refractivity (Wildman–Crippen MR) is 58.6 cm³/mol. The second kappa shape index (κ2) is 5.02. The van der Waals surface area contributed by atoms with Crippen LogP contribution in [0.3, 0.4) is 0 Å². The summed E-state index contributed by atoms with van der Waals surface area (Å²) in [7, 11) is 1.44. The Labute approximate surface area is 97.1 Å². The van der Waals surface area contributed by atoms with Gasteiger partial charge in [-0.2, -0.15) is 0 Å². The largest absolute Gasteiger partial charge is 0.480 e. The first-order valence-electron chi connectivity index (χ1n) is 4.73. The van der Waals surface area contributed by atoms with Gasteiger partial charge in [0.25, 0.3) is 5.91 Å². The van der Waals surface area contributed by atoms with Crippen molar-refractivity contribution < 1.29 is 14.7 Å². The van der Waals surface area contributed by atoms with Gasteiger partial charge in [-0.3, -0.25) is 9.59 Å². The Kier molecular flexibility index (Phi) is 3.94. The van der Waals surface area contributed by atoms with Crippen molar-refractivity contribution in [1.29, 1.82) is 0 Å². The van der Waals surface area contributed by atoms with Crippen LogP contribution >= 0.6 is 11.5 Å². The quantitative estimate of drug-likeness (QED) is 0.846. The van der Waals surface area contributed by atoms with Gasteiger partial charge < -0.3 is 10.0 Å². The van der Waals surface area contributed by atoms with Crippen molar-refractivity contribution in [3.05, 3.63) is 10.6 Å². The Morgan fingerprint density at radius 2 is 2.12 bits per heavy atom. The minimum atomic E-state index is -1.04. The number of carboxylic acid groups (broad SMARTS) is 1. The average molecular weight is 243 g/mol. The van der Waals surface area contributed by atoms with Crippen LogP contribution < -0.4 is 0 Å². The Morgan fingerprint density at radius 3 is 2.62 bits per heavy atom. The van der Waals surface area contributed by atoms with Crippen LogP contribution in [0.4, 0.5) is 0 Å². The maximum absolute atomic E-state index is 11.9. The van der Waals surface area contributed by atoms with E-state index in [1.54, 1.807) is 0 Å². The van der Waals surface area contributed by atoms with Gasteiger partial charge >= 0.3 is 5.97 Å². The van der Waals surface area contributed by atoms with Gasteiger partial charge in [0.1, 0.15) is 11.4 Å². The number of hydrogen-bond donors (Lipinski definition) is 1. The standard InChI is InChI=1S/C9H13N3O3S/c1-5(2)7-8(16-11-10-7)9(15)12(3)4-6(13)14/h5H,4H2,1-3H3,(H,13,14). The van der Waals surface area contributed by atoms with E-state index in [0.717, 1.165) is 16.4 Å². The van der Waals surface area contributed by atoms with Crippen LogP contribution in [0.5, 0.6) is 0 Å². The van der Waals surface area contributed by atoms with Gasteiger partial charge in [0.2, 0.25) is 0 Å². The summed E-state index contributed by atoms with van der Waals surface area (Å²) < 4.78 is 3.72. The molecule has 0 aliphatic rings. The molecular formula is C9H13N3O3S. The van der Waals surface area contributed by atoms with Crippen LogP contribution in [-0.2, 0) is 4.79 Å². The van der Waals surface area contributed by atoms with E-state index in [9.17, 15) is 9.59 Å². The molecular weight excluding hydrogens is 230 g/mol. The predicted octanol–water partition coefficient (Wildman–Crippen LogP) is 0.818. The molecule has 7 heteroatoms. The number of likely N-dealkylation sites (N-methyl/N-ethyl adjacent to an activating group) is 1. The molecule has 1 aromatic heterocycles. The maximum atomic E-state index is 11.9. The second-order valence-corrected chi connectivity index (χ2v) is 4.45. The molecule has 88 valence electrons. The molecule has 0 fully saturated rings. The van der Waals surface area contributed by atoms with Crippen LogP contribution in [0.25, 0.3) is 0 Å². The molecule has 0 aliphatic heterocycles. The minimum Gasteiger partial charge on any atom is -0.480 e. The van der Waals surface area contributed by atoms with E-state index >= 15 is 0 Å². The number of amides is 1. The van der Waals surface area contributed by atoms with Crippen LogP contribution in [0.15, 0.2) is 0 Å². The summed E-state index contributed by atoms with van der Waals surface area (Å²) in [4.78, 5) is 23.9. The summed E-state index contributed by atoms with van der Waals surface area (Å²) in [5.41, 5.74) is 0.618. The number of carboxylic acids is 1. The summed E-state index contributed by atoms with van der Waals surface area (Å²) in [6.45, 7) is 3.49. The molecule has 0 saturated carbocycles. The first-order chi connectivity index (χ1) is 7.43. The van der Waals surface area contributed by atoms with E-state index < -0.39 is 5.97 Å². The van der Waals surface area contributed by atoms with Gasteiger partial charge in [-0.25, -0.2) is 0 Å². The summed E-state index contributed by atoms with van der Waals surface area (Å²) in [5.74, 6) is -1.29. The summed E-state index contributed by atoms with van der Waals surface area (Å²) in [6.07, 6.45) is 0. The van der Waals surface area contributed by atoms with Crippen LogP contribution in [0, 0.1) is 0 Å². The molecule has 1 rings (SSSR count). The summed E-state index contributed by atoms with van der Waals surface area (Å²) in [6, 6.07) is 0. The lowest BCUT2D eigenvalue weighted by molar-refractivity contribution is -0.137. The number of carbonyl (C=O) groups excluding carboxylic acids is 1. The number of nitrogens with zero attached hydrogens (tertiary/aromatic N) is 3. The third kappa shape index (κ3) is 2.75. The highest BCUT2D eigenvalue weighted by molar-refractivity contribution is 7.08. The van der Waals surface area contributed by atoms with Crippen LogP contribution in [0.1, 0.15) is 35.1 Å². The highest BCUT2D eigenvalue weighted by Gasteiger charge is 2.22. The fraction of sp³-hybridized carbons (Fsp3) is 0.556. The molecule has 0 unspecified atom stereocenters. The normalized spacial score (nSPS) is 10.5. The van der Waals surface area contributed by atoms with Gasteiger partial charge in [0, 0.05) is 7.05 Å². The van der Waals surface area contributed by atoms with Crippen molar-refractivity contribution in [2.24, 2.45) is 0 Å². The number of aliphatic carboxylic acids is 1. The minimum absolute atomic E-state index is 0.0935. The molecule has 0 aliphatic carbocycles. The molecule has 0 bridgehead atoms. The van der Waals surface area contributed by atoms with E-state index in [1.807, 2.05) is 13.8 Å². The smallest absolute Gasteiger partial charge is 0.323 e. The monoisotopic (exact) mass is 243 g/mol. The van der Waals surface area contributed by atoms with Crippen molar-refractivity contribution in [3.63, 3.8) is 0 Å². The van der Waals surface area contributed by atoms with Crippen molar-refractivity contribution in [2.75, 3.05) is 13.6 Å². The van der Waals surface area contributed by atoms with Gasteiger partial charge in [-0.15, -0.1) is 5.10 Å². The first kappa shape index (κ1) is 12.6. The van der Waals surface area contributed by atoms with Crippen LogP contribution in [-0.4, -0.2) is 45.1 Å². The fourth-order valence-corrected chi connectivity index (χ4v) is 1.99. The SMILES string of the molecule is CC(C)c1nnsc1C(=O)N(C)CC(=O)O. The van der Waals surface area contributed by atoms with Crippen molar-refractivity contribution in [2.45, 2.75) is 19.8 Å². The second-order valence-electron chi connectivity index (χ2n) is 3.70. The lowest BCUT2D eigenvalue weighted by Crippen LogP contribution is -2.32. The molecule has 1 amide bonds. The van der Waals surface area contributed by atoms with E-state index in [0.29, 0.717) is 10.6 Å². The molecule has 0 saturated heterocycles. The lowest BCUT2D eigenvalue weighted by atomic mass is 10.1.